The van der Waals surface area contributed by atoms with Crippen molar-refractivity contribution in [1.29, 1.82) is 0 Å². The first-order valence-electron chi connectivity index (χ1n) is 7.36. The molecule has 0 bridgehead atoms. The van der Waals surface area contributed by atoms with E-state index in [1.807, 2.05) is 18.2 Å². The summed E-state index contributed by atoms with van der Waals surface area (Å²) in [4.78, 5) is 0. The minimum atomic E-state index is -0.380. The predicted molar refractivity (Wildman–Crippen MR) is 79.3 cm³/mol. The van der Waals surface area contributed by atoms with E-state index < -0.39 is 0 Å². The lowest BCUT2D eigenvalue weighted by atomic mass is 9.83. The number of hydrogen-bond acceptors (Lipinski definition) is 2. The number of aliphatic hydroxyl groups excluding tert-OH is 1. The van der Waals surface area contributed by atoms with Crippen LogP contribution in [0.25, 0.3) is 0 Å². The van der Waals surface area contributed by atoms with Crippen LogP contribution in [0.2, 0.25) is 0 Å². The van der Waals surface area contributed by atoms with Crippen LogP contribution in [0.3, 0.4) is 0 Å². The first-order chi connectivity index (χ1) is 9.22. The fourth-order valence-corrected chi connectivity index (χ4v) is 3.81. The quantitative estimate of drug-likeness (QED) is 0.861. The monoisotopic (exact) mass is 324 g/mol. The standard InChI is InChI=1S/C16H21BrO2/c17-12-6-7-16-14(9-12)15(18)10-13(19-16)8-11-4-2-1-3-5-11/h6-7,9,11,13,15,18H,1-5,8,10H2/t13?,15-/m0/s1. The second kappa shape index (κ2) is 5.84. The summed E-state index contributed by atoms with van der Waals surface area (Å²) < 4.78 is 7.08. The molecule has 0 aromatic heterocycles. The summed E-state index contributed by atoms with van der Waals surface area (Å²) in [6.07, 6.45) is 8.44. The van der Waals surface area contributed by atoms with Crippen molar-refractivity contribution in [2.75, 3.05) is 0 Å². The van der Waals surface area contributed by atoms with Crippen LogP contribution in [0.1, 0.15) is 56.6 Å². The number of aliphatic hydroxyl groups is 1. The zero-order chi connectivity index (χ0) is 13.2. The number of hydrogen-bond donors (Lipinski definition) is 1. The van der Waals surface area contributed by atoms with Gasteiger partial charge in [-0.25, -0.2) is 0 Å². The van der Waals surface area contributed by atoms with Crippen LogP contribution in [-0.4, -0.2) is 11.2 Å². The summed E-state index contributed by atoms with van der Waals surface area (Å²) >= 11 is 3.45. The molecular weight excluding hydrogens is 304 g/mol. The molecular formula is C16H21BrO2. The van der Waals surface area contributed by atoms with Gasteiger partial charge in [0.2, 0.25) is 0 Å². The number of benzene rings is 1. The zero-order valence-electron chi connectivity index (χ0n) is 11.1. The Morgan fingerprint density at radius 3 is 2.79 bits per heavy atom. The van der Waals surface area contributed by atoms with Gasteiger partial charge in [0.15, 0.2) is 0 Å². The van der Waals surface area contributed by atoms with Gasteiger partial charge in [-0.1, -0.05) is 48.0 Å². The molecule has 1 aliphatic carbocycles. The van der Waals surface area contributed by atoms with E-state index in [0.717, 1.165) is 34.5 Å². The van der Waals surface area contributed by atoms with E-state index in [-0.39, 0.29) is 12.2 Å². The van der Waals surface area contributed by atoms with Crippen LogP contribution >= 0.6 is 15.9 Å². The highest BCUT2D eigenvalue weighted by Crippen LogP contribution is 2.39. The smallest absolute Gasteiger partial charge is 0.125 e. The van der Waals surface area contributed by atoms with Crippen molar-refractivity contribution in [3.05, 3.63) is 28.2 Å². The third-order valence-electron chi connectivity index (χ3n) is 4.43. The highest BCUT2D eigenvalue weighted by molar-refractivity contribution is 9.10. The van der Waals surface area contributed by atoms with Crippen molar-refractivity contribution >= 4 is 15.9 Å². The van der Waals surface area contributed by atoms with E-state index in [0.29, 0.717) is 0 Å². The Morgan fingerprint density at radius 1 is 1.21 bits per heavy atom. The molecule has 1 aromatic carbocycles. The van der Waals surface area contributed by atoms with Crippen LogP contribution in [0.5, 0.6) is 5.75 Å². The molecule has 1 aromatic rings. The minimum absolute atomic E-state index is 0.187. The van der Waals surface area contributed by atoms with E-state index in [4.69, 9.17) is 4.74 Å². The van der Waals surface area contributed by atoms with Crippen LogP contribution in [0.4, 0.5) is 0 Å². The number of rotatable bonds is 2. The third kappa shape index (κ3) is 3.14. The van der Waals surface area contributed by atoms with Crippen molar-refractivity contribution in [2.24, 2.45) is 5.92 Å². The maximum atomic E-state index is 10.3. The Kier molecular flexibility index (Phi) is 4.13. The van der Waals surface area contributed by atoms with Gasteiger partial charge < -0.3 is 9.84 Å². The number of ether oxygens (including phenoxy) is 1. The molecule has 2 atom stereocenters. The average molecular weight is 325 g/mol. The molecule has 1 N–H and O–H groups in total. The maximum Gasteiger partial charge on any atom is 0.125 e. The molecule has 1 heterocycles. The van der Waals surface area contributed by atoms with Gasteiger partial charge in [-0.15, -0.1) is 0 Å². The first-order valence-corrected chi connectivity index (χ1v) is 8.16. The number of halogens is 1. The molecule has 2 nitrogen and oxygen atoms in total. The lowest BCUT2D eigenvalue weighted by Crippen LogP contribution is -2.28. The van der Waals surface area contributed by atoms with Crippen molar-refractivity contribution in [2.45, 2.75) is 57.2 Å². The lowest BCUT2D eigenvalue weighted by Gasteiger charge is -2.33. The maximum absolute atomic E-state index is 10.3. The van der Waals surface area contributed by atoms with Crippen LogP contribution in [-0.2, 0) is 0 Å². The molecule has 1 unspecified atom stereocenters. The zero-order valence-corrected chi connectivity index (χ0v) is 12.7. The Labute approximate surface area is 123 Å². The van der Waals surface area contributed by atoms with Gasteiger partial charge >= 0.3 is 0 Å². The van der Waals surface area contributed by atoms with Gasteiger partial charge in [0, 0.05) is 16.5 Å². The van der Waals surface area contributed by atoms with Crippen molar-refractivity contribution in [3.63, 3.8) is 0 Å². The molecule has 2 aliphatic rings. The van der Waals surface area contributed by atoms with E-state index in [9.17, 15) is 5.11 Å². The summed E-state index contributed by atoms with van der Waals surface area (Å²) in [5.41, 5.74) is 0.925. The summed E-state index contributed by atoms with van der Waals surface area (Å²) in [6, 6.07) is 5.92. The highest BCUT2D eigenvalue weighted by atomic mass is 79.9. The minimum Gasteiger partial charge on any atom is -0.490 e. The molecule has 0 saturated heterocycles. The largest absolute Gasteiger partial charge is 0.490 e. The Morgan fingerprint density at radius 2 is 2.00 bits per heavy atom. The molecule has 0 radical (unpaired) electrons. The molecule has 104 valence electrons. The van der Waals surface area contributed by atoms with Crippen LogP contribution in [0.15, 0.2) is 22.7 Å². The molecule has 19 heavy (non-hydrogen) atoms. The van der Waals surface area contributed by atoms with Gasteiger partial charge in [0.25, 0.3) is 0 Å². The van der Waals surface area contributed by atoms with Gasteiger partial charge in [-0.3, -0.25) is 0 Å². The number of fused-ring (bicyclic) bond motifs is 1. The van der Waals surface area contributed by atoms with Crippen molar-refractivity contribution in [3.8, 4) is 5.75 Å². The average Bonchev–Trinajstić information content (AvgIpc) is 2.41. The predicted octanol–water partition coefficient (Wildman–Crippen LogP) is 4.60. The summed E-state index contributed by atoms with van der Waals surface area (Å²) in [5.74, 6) is 1.66. The van der Waals surface area contributed by atoms with Crippen molar-refractivity contribution in [1.82, 2.24) is 0 Å². The molecule has 3 rings (SSSR count). The highest BCUT2D eigenvalue weighted by Gasteiger charge is 2.29. The van der Waals surface area contributed by atoms with E-state index in [1.165, 1.54) is 32.1 Å². The Hall–Kier alpha value is -0.540. The summed E-state index contributed by atoms with van der Waals surface area (Å²) in [7, 11) is 0. The molecule has 3 heteroatoms. The molecule has 0 spiro atoms. The van der Waals surface area contributed by atoms with Gasteiger partial charge in [0.05, 0.1) is 6.10 Å². The van der Waals surface area contributed by atoms with E-state index in [2.05, 4.69) is 15.9 Å². The fraction of sp³-hybridized carbons (Fsp3) is 0.625. The first kappa shape index (κ1) is 13.4. The van der Waals surface area contributed by atoms with Crippen LogP contribution < -0.4 is 4.74 Å². The second-order valence-corrected chi connectivity index (χ2v) is 6.83. The van der Waals surface area contributed by atoms with Gasteiger partial charge in [0.1, 0.15) is 11.9 Å². The SMILES string of the molecule is O[C@H]1CC(CC2CCCCC2)Oc2ccc(Br)cc21. The molecule has 1 saturated carbocycles. The topological polar surface area (TPSA) is 29.5 Å². The molecule has 0 amide bonds. The van der Waals surface area contributed by atoms with Gasteiger partial charge in [-0.05, 0) is 30.5 Å². The third-order valence-corrected chi connectivity index (χ3v) is 4.92. The Balaban J connectivity index is 1.68. The lowest BCUT2D eigenvalue weighted by molar-refractivity contribution is 0.0494. The summed E-state index contributed by atoms with van der Waals surface area (Å²) in [6.45, 7) is 0. The summed E-state index contributed by atoms with van der Waals surface area (Å²) in [5, 5.41) is 10.3. The van der Waals surface area contributed by atoms with Gasteiger partial charge in [-0.2, -0.15) is 0 Å². The second-order valence-electron chi connectivity index (χ2n) is 5.91. The van der Waals surface area contributed by atoms with Crippen LogP contribution in [0, 0.1) is 5.92 Å². The van der Waals surface area contributed by atoms with E-state index >= 15 is 0 Å². The van der Waals surface area contributed by atoms with E-state index in [1.54, 1.807) is 0 Å². The Bertz CT molecular complexity index is 440. The normalized spacial score (nSPS) is 27.7. The molecule has 1 aliphatic heterocycles. The van der Waals surface area contributed by atoms with Crippen molar-refractivity contribution < 1.29 is 9.84 Å². The fourth-order valence-electron chi connectivity index (χ4n) is 3.43. The molecule has 1 fully saturated rings.